The first kappa shape index (κ1) is 17.7. The molecule has 0 bridgehead atoms. The molecule has 0 unspecified atom stereocenters. The maximum absolute atomic E-state index is 12.7. The molecule has 2 aromatic rings. The molecule has 1 amide bonds. The van der Waals surface area contributed by atoms with Gasteiger partial charge in [0.1, 0.15) is 0 Å². The molecule has 8 nitrogen and oxygen atoms in total. The largest absolute Gasteiger partial charge is 0.337 e. The van der Waals surface area contributed by atoms with Crippen molar-refractivity contribution < 1.29 is 13.2 Å². The number of sulfonamides is 1. The molecule has 0 atom stereocenters. The summed E-state index contributed by atoms with van der Waals surface area (Å²) in [6, 6.07) is 5.01. The van der Waals surface area contributed by atoms with Crippen LogP contribution in [-0.2, 0) is 10.0 Å². The van der Waals surface area contributed by atoms with Crippen LogP contribution in [0.3, 0.4) is 0 Å². The van der Waals surface area contributed by atoms with Crippen molar-refractivity contribution in [3.05, 3.63) is 34.2 Å². The van der Waals surface area contributed by atoms with E-state index in [9.17, 15) is 18.0 Å². The molecule has 1 aliphatic rings. The van der Waals surface area contributed by atoms with Crippen molar-refractivity contribution in [3.63, 3.8) is 0 Å². The molecule has 1 aromatic heterocycles. The highest BCUT2D eigenvalue weighted by atomic mass is 32.2. The number of nitrogens with zero attached hydrogens (tertiary/aromatic N) is 2. The number of imidazole rings is 1. The number of H-pyrrole nitrogens is 2. The molecular formula is C16H22N4O4S. The molecule has 0 aliphatic carbocycles. The zero-order valence-corrected chi connectivity index (χ0v) is 14.9. The SMILES string of the molecule is CCCS(=O)(=O)N1CCCN(C(=O)c2ccc3[nH]c(=O)[nH]c3c2)CC1. The molecule has 1 saturated heterocycles. The topological polar surface area (TPSA) is 106 Å². The Morgan fingerprint density at radius 2 is 1.88 bits per heavy atom. The summed E-state index contributed by atoms with van der Waals surface area (Å²) < 4.78 is 25.9. The molecule has 9 heteroatoms. The Bertz CT molecular complexity index is 931. The van der Waals surface area contributed by atoms with E-state index in [-0.39, 0.29) is 17.3 Å². The van der Waals surface area contributed by atoms with Crippen LogP contribution in [0.15, 0.2) is 23.0 Å². The Hall–Kier alpha value is -2.13. The first-order chi connectivity index (χ1) is 11.9. The third-order valence-corrected chi connectivity index (χ3v) is 6.44. The van der Waals surface area contributed by atoms with Gasteiger partial charge in [-0.2, -0.15) is 0 Å². The summed E-state index contributed by atoms with van der Waals surface area (Å²) in [5, 5.41) is 0. The van der Waals surface area contributed by atoms with Crippen molar-refractivity contribution in [2.45, 2.75) is 19.8 Å². The second-order valence-electron chi connectivity index (χ2n) is 6.20. The summed E-state index contributed by atoms with van der Waals surface area (Å²) >= 11 is 0. The number of rotatable bonds is 4. The maximum Gasteiger partial charge on any atom is 0.323 e. The van der Waals surface area contributed by atoms with E-state index in [0.29, 0.717) is 55.6 Å². The highest BCUT2D eigenvalue weighted by molar-refractivity contribution is 7.89. The minimum Gasteiger partial charge on any atom is -0.337 e. The van der Waals surface area contributed by atoms with Gasteiger partial charge in [-0.25, -0.2) is 17.5 Å². The van der Waals surface area contributed by atoms with Gasteiger partial charge in [-0.15, -0.1) is 0 Å². The van der Waals surface area contributed by atoms with Crippen LogP contribution in [-0.4, -0.2) is 65.4 Å². The van der Waals surface area contributed by atoms with Gasteiger partial charge in [-0.3, -0.25) is 4.79 Å². The van der Waals surface area contributed by atoms with Gasteiger partial charge in [-0.1, -0.05) is 6.92 Å². The number of hydrogen-bond donors (Lipinski definition) is 2. The third-order valence-electron chi connectivity index (χ3n) is 4.36. The number of carbonyl (C=O) groups is 1. The van der Waals surface area contributed by atoms with E-state index in [1.54, 1.807) is 23.1 Å². The van der Waals surface area contributed by atoms with Crippen LogP contribution in [0.1, 0.15) is 30.1 Å². The van der Waals surface area contributed by atoms with E-state index in [2.05, 4.69) is 9.97 Å². The number of carbonyl (C=O) groups excluding carboxylic acids is 1. The normalized spacial score (nSPS) is 16.9. The number of nitrogens with one attached hydrogen (secondary N) is 2. The van der Waals surface area contributed by atoms with Crippen LogP contribution in [0, 0.1) is 0 Å². The molecule has 0 spiro atoms. The Labute approximate surface area is 145 Å². The van der Waals surface area contributed by atoms with Crippen molar-refractivity contribution >= 4 is 27.0 Å². The van der Waals surface area contributed by atoms with Crippen molar-refractivity contribution in [1.82, 2.24) is 19.2 Å². The van der Waals surface area contributed by atoms with Gasteiger partial charge < -0.3 is 14.9 Å². The van der Waals surface area contributed by atoms with Crippen LogP contribution < -0.4 is 5.69 Å². The lowest BCUT2D eigenvalue weighted by atomic mass is 10.1. The summed E-state index contributed by atoms with van der Waals surface area (Å²) in [4.78, 5) is 31.0. The van der Waals surface area contributed by atoms with E-state index in [1.807, 2.05) is 6.92 Å². The van der Waals surface area contributed by atoms with Crippen molar-refractivity contribution in [2.24, 2.45) is 0 Å². The molecule has 1 fully saturated rings. The highest BCUT2D eigenvalue weighted by Gasteiger charge is 2.26. The first-order valence-electron chi connectivity index (χ1n) is 8.40. The standard InChI is InChI=1S/C16H22N4O4S/c1-2-10-25(23,24)20-7-3-6-19(8-9-20)15(21)12-4-5-13-14(11-12)18-16(22)17-13/h4-5,11H,2-3,6-10H2,1H3,(H2,17,18,22). The summed E-state index contributed by atoms with van der Waals surface area (Å²) in [6.07, 6.45) is 1.19. The van der Waals surface area contributed by atoms with Crippen molar-refractivity contribution in [2.75, 3.05) is 31.9 Å². The van der Waals surface area contributed by atoms with Crippen molar-refractivity contribution in [1.29, 1.82) is 0 Å². The molecule has 3 rings (SSSR count). The Morgan fingerprint density at radius 1 is 1.12 bits per heavy atom. The number of aromatic nitrogens is 2. The first-order valence-corrected chi connectivity index (χ1v) is 10.0. The van der Waals surface area contributed by atoms with E-state index < -0.39 is 10.0 Å². The molecule has 0 saturated carbocycles. The lowest BCUT2D eigenvalue weighted by molar-refractivity contribution is 0.0764. The van der Waals surface area contributed by atoms with Gasteiger partial charge in [-0.05, 0) is 31.0 Å². The van der Waals surface area contributed by atoms with E-state index in [4.69, 9.17) is 0 Å². The molecular weight excluding hydrogens is 344 g/mol. The number of fused-ring (bicyclic) bond motifs is 1. The summed E-state index contributed by atoms with van der Waals surface area (Å²) in [5.41, 5.74) is 1.39. The number of amides is 1. The van der Waals surface area contributed by atoms with Crippen LogP contribution in [0.5, 0.6) is 0 Å². The van der Waals surface area contributed by atoms with Gasteiger partial charge in [0.25, 0.3) is 5.91 Å². The number of aromatic amines is 2. The quantitative estimate of drug-likeness (QED) is 0.832. The summed E-state index contributed by atoms with van der Waals surface area (Å²) in [6.45, 7) is 3.47. The fraction of sp³-hybridized carbons (Fsp3) is 0.500. The Morgan fingerprint density at radius 3 is 2.64 bits per heavy atom. The minimum absolute atomic E-state index is 0.137. The van der Waals surface area contributed by atoms with Gasteiger partial charge >= 0.3 is 5.69 Å². The lowest BCUT2D eigenvalue weighted by Crippen LogP contribution is -2.38. The van der Waals surface area contributed by atoms with Crippen LogP contribution in [0.2, 0.25) is 0 Å². The van der Waals surface area contributed by atoms with Crippen molar-refractivity contribution in [3.8, 4) is 0 Å². The summed E-state index contributed by atoms with van der Waals surface area (Å²) in [7, 11) is -3.25. The molecule has 1 aliphatic heterocycles. The Kier molecular flexibility index (Phi) is 4.96. The molecule has 0 radical (unpaired) electrons. The van der Waals surface area contributed by atoms with Gasteiger partial charge in [0.15, 0.2) is 0 Å². The van der Waals surface area contributed by atoms with Crippen LogP contribution >= 0.6 is 0 Å². The average molecular weight is 366 g/mol. The predicted octanol–water partition coefficient (Wildman–Crippen LogP) is 0.744. The predicted molar refractivity (Wildman–Crippen MR) is 95.1 cm³/mol. The van der Waals surface area contributed by atoms with Crippen LogP contribution in [0.25, 0.3) is 11.0 Å². The monoisotopic (exact) mass is 366 g/mol. The average Bonchev–Trinajstić information content (AvgIpc) is 2.77. The molecule has 1 aromatic carbocycles. The summed E-state index contributed by atoms with van der Waals surface area (Å²) in [5.74, 6) is -0.0166. The molecule has 136 valence electrons. The van der Waals surface area contributed by atoms with Gasteiger partial charge in [0, 0.05) is 31.7 Å². The van der Waals surface area contributed by atoms with Gasteiger partial charge in [0.05, 0.1) is 16.8 Å². The molecule has 2 N–H and O–H groups in total. The van der Waals surface area contributed by atoms with E-state index in [1.165, 1.54) is 4.31 Å². The lowest BCUT2D eigenvalue weighted by Gasteiger charge is -2.22. The number of benzene rings is 1. The molecule has 25 heavy (non-hydrogen) atoms. The third kappa shape index (κ3) is 3.77. The fourth-order valence-corrected chi connectivity index (χ4v) is 4.65. The van der Waals surface area contributed by atoms with E-state index >= 15 is 0 Å². The second-order valence-corrected chi connectivity index (χ2v) is 8.29. The maximum atomic E-state index is 12.7. The van der Waals surface area contributed by atoms with E-state index in [0.717, 1.165) is 0 Å². The fourth-order valence-electron chi connectivity index (χ4n) is 3.11. The zero-order valence-electron chi connectivity index (χ0n) is 14.1. The number of hydrogen-bond acceptors (Lipinski definition) is 4. The Balaban J connectivity index is 1.75. The smallest absolute Gasteiger partial charge is 0.323 e. The second kappa shape index (κ2) is 7.01. The molecule has 2 heterocycles. The van der Waals surface area contributed by atoms with Crippen LogP contribution in [0.4, 0.5) is 0 Å². The van der Waals surface area contributed by atoms with Gasteiger partial charge in [0.2, 0.25) is 10.0 Å². The minimum atomic E-state index is -3.25. The highest BCUT2D eigenvalue weighted by Crippen LogP contribution is 2.15. The zero-order chi connectivity index (χ0) is 18.0.